The number of carbonyl (C=O) groups is 3. The van der Waals surface area contributed by atoms with Crippen LogP contribution in [0.4, 0.5) is 4.79 Å². The molecule has 1 spiro atoms. The van der Waals surface area contributed by atoms with Crippen molar-refractivity contribution >= 4 is 18.0 Å². The lowest BCUT2D eigenvalue weighted by molar-refractivity contribution is -0.134. The van der Waals surface area contributed by atoms with E-state index in [9.17, 15) is 14.4 Å². The molecule has 0 bridgehead atoms. The number of aliphatic carboxylic acids is 2. The average Bonchev–Trinajstić information content (AvgIpc) is 3.16. The number of nitrogens with zero attached hydrogens (tertiary/aromatic N) is 2. The molecule has 1 aromatic carbocycles. The van der Waals surface area contributed by atoms with E-state index in [1.54, 1.807) is 0 Å². The molecule has 9 nitrogen and oxygen atoms in total. The van der Waals surface area contributed by atoms with Crippen molar-refractivity contribution in [2.45, 2.75) is 70.3 Å². The molecule has 0 atom stereocenters. The summed E-state index contributed by atoms with van der Waals surface area (Å²) in [5.41, 5.74) is 2.30. The molecule has 0 radical (unpaired) electrons. The van der Waals surface area contributed by atoms with Crippen molar-refractivity contribution in [1.29, 1.82) is 0 Å². The van der Waals surface area contributed by atoms with Crippen molar-refractivity contribution in [2.24, 2.45) is 0 Å². The van der Waals surface area contributed by atoms with Gasteiger partial charge in [-0.1, -0.05) is 24.3 Å². The number of hydrogen-bond donors (Lipinski definition) is 2. The van der Waals surface area contributed by atoms with E-state index in [0.717, 1.165) is 45.6 Å². The highest BCUT2D eigenvalue weighted by Gasteiger charge is 2.44. The summed E-state index contributed by atoms with van der Waals surface area (Å²) < 4.78 is 11.8. The van der Waals surface area contributed by atoms with E-state index in [1.165, 1.54) is 24.0 Å². The van der Waals surface area contributed by atoms with Gasteiger partial charge >= 0.3 is 18.0 Å². The van der Waals surface area contributed by atoms with Gasteiger partial charge in [-0.2, -0.15) is 0 Å². The van der Waals surface area contributed by atoms with Crippen LogP contribution >= 0.6 is 0 Å². The van der Waals surface area contributed by atoms with Crippen molar-refractivity contribution in [3.8, 4) is 0 Å². The quantitative estimate of drug-likeness (QED) is 0.620. The number of ether oxygens (including phenoxy) is 2. The molecule has 9 heteroatoms. The summed E-state index contributed by atoms with van der Waals surface area (Å²) in [6, 6.07) is 9.30. The number of amides is 1. The minimum atomic E-state index is -1.26. The highest BCUT2D eigenvalue weighted by Crippen LogP contribution is 2.47. The second-order valence-corrected chi connectivity index (χ2v) is 10.2. The van der Waals surface area contributed by atoms with E-state index in [-0.39, 0.29) is 11.7 Å². The number of carboxylic acid groups (broad SMARTS) is 2. The minimum Gasteiger partial charge on any atom is -0.478 e. The molecule has 35 heavy (non-hydrogen) atoms. The molecule has 3 aliphatic rings. The highest BCUT2D eigenvalue weighted by molar-refractivity contribution is 5.89. The monoisotopic (exact) mass is 488 g/mol. The van der Waals surface area contributed by atoms with Gasteiger partial charge in [0.15, 0.2) is 0 Å². The van der Waals surface area contributed by atoms with Crippen molar-refractivity contribution in [2.75, 3.05) is 26.2 Å². The zero-order valence-corrected chi connectivity index (χ0v) is 20.7. The fourth-order valence-electron chi connectivity index (χ4n) is 4.97. The summed E-state index contributed by atoms with van der Waals surface area (Å²) in [4.78, 5) is 35.8. The molecule has 192 valence electrons. The first-order valence-electron chi connectivity index (χ1n) is 12.1. The molecule has 2 aliphatic heterocycles. The summed E-state index contributed by atoms with van der Waals surface area (Å²) >= 11 is 0. The molecule has 1 saturated carbocycles. The molecule has 0 unspecified atom stereocenters. The van der Waals surface area contributed by atoms with Crippen LogP contribution in [0.3, 0.4) is 0 Å². The summed E-state index contributed by atoms with van der Waals surface area (Å²) in [6.45, 7) is 9.91. The van der Waals surface area contributed by atoms with Gasteiger partial charge in [0.2, 0.25) is 0 Å². The van der Waals surface area contributed by atoms with Gasteiger partial charge in [0.25, 0.3) is 0 Å². The van der Waals surface area contributed by atoms with E-state index in [1.807, 2.05) is 25.7 Å². The Bertz CT molecular complexity index is 921. The Morgan fingerprint density at radius 2 is 1.57 bits per heavy atom. The number of rotatable bonds is 3. The number of hydrogen-bond acceptors (Lipinski definition) is 6. The SMILES string of the molecule is CC(C)(C)OC(=O)N1CCN(C2CCC3(CC2)OCc2ccccc23)CC1.O=C(O)/C=C\C(=O)O. The fraction of sp³-hybridized carbons (Fsp3) is 0.577. The molecule has 1 aromatic rings. The molecule has 1 saturated heterocycles. The van der Waals surface area contributed by atoms with E-state index >= 15 is 0 Å². The summed E-state index contributed by atoms with van der Waals surface area (Å²) in [6.07, 6.45) is 5.47. The van der Waals surface area contributed by atoms with Gasteiger partial charge in [-0.25, -0.2) is 14.4 Å². The first-order chi connectivity index (χ1) is 16.5. The molecule has 2 fully saturated rings. The Morgan fingerprint density at radius 1 is 1.00 bits per heavy atom. The number of carboxylic acids is 2. The highest BCUT2D eigenvalue weighted by atomic mass is 16.6. The average molecular weight is 489 g/mol. The number of carbonyl (C=O) groups excluding carboxylic acids is 1. The Balaban J connectivity index is 0.000000371. The van der Waals surface area contributed by atoms with Gasteiger partial charge in [0.05, 0.1) is 12.2 Å². The van der Waals surface area contributed by atoms with Crippen LogP contribution < -0.4 is 0 Å². The fourth-order valence-corrected chi connectivity index (χ4v) is 4.97. The molecule has 1 aliphatic carbocycles. The van der Waals surface area contributed by atoms with E-state index in [0.29, 0.717) is 18.2 Å². The minimum absolute atomic E-state index is 0.0502. The van der Waals surface area contributed by atoms with Gasteiger partial charge in [-0.15, -0.1) is 0 Å². The van der Waals surface area contributed by atoms with Crippen LogP contribution in [0.25, 0.3) is 0 Å². The van der Waals surface area contributed by atoms with E-state index in [2.05, 4.69) is 29.2 Å². The largest absolute Gasteiger partial charge is 0.478 e. The van der Waals surface area contributed by atoms with Crippen LogP contribution in [0.5, 0.6) is 0 Å². The Labute approximate surface area is 206 Å². The Kier molecular flexibility index (Phi) is 8.56. The van der Waals surface area contributed by atoms with Crippen molar-refractivity contribution in [3.05, 3.63) is 47.5 Å². The zero-order chi connectivity index (χ0) is 25.6. The number of benzene rings is 1. The van der Waals surface area contributed by atoms with Crippen LogP contribution in [-0.4, -0.2) is 75.9 Å². The van der Waals surface area contributed by atoms with Crippen LogP contribution in [0.15, 0.2) is 36.4 Å². The molecular formula is C26H36N2O7. The standard InChI is InChI=1S/C22H32N2O3.C4H4O4/c1-21(2,3)27-20(25)24-14-12-23(13-15-24)18-8-10-22(11-9-18)19-7-5-4-6-17(19)16-26-22;5-3(6)1-2-4(7)8/h4-7,18H,8-16H2,1-3H3;1-2H,(H,5,6)(H,7,8)/b;2-1-. The maximum atomic E-state index is 12.3. The second kappa shape index (κ2) is 11.2. The maximum Gasteiger partial charge on any atom is 0.410 e. The first-order valence-corrected chi connectivity index (χ1v) is 12.1. The lowest BCUT2D eigenvalue weighted by Crippen LogP contribution is -2.54. The predicted octanol–water partition coefficient (Wildman–Crippen LogP) is 3.62. The lowest BCUT2D eigenvalue weighted by Gasteiger charge is -2.44. The van der Waals surface area contributed by atoms with Crippen LogP contribution in [0, 0.1) is 0 Å². The molecule has 2 heterocycles. The third-order valence-electron chi connectivity index (χ3n) is 6.63. The van der Waals surface area contributed by atoms with Crippen LogP contribution in [0.2, 0.25) is 0 Å². The normalized spacial score (nSPS) is 24.5. The maximum absolute atomic E-state index is 12.3. The topological polar surface area (TPSA) is 117 Å². The predicted molar refractivity (Wildman–Crippen MR) is 129 cm³/mol. The van der Waals surface area contributed by atoms with E-state index in [4.69, 9.17) is 19.7 Å². The van der Waals surface area contributed by atoms with Crippen LogP contribution in [-0.2, 0) is 31.3 Å². The van der Waals surface area contributed by atoms with Gasteiger partial charge < -0.3 is 24.6 Å². The van der Waals surface area contributed by atoms with Gasteiger partial charge in [0, 0.05) is 44.4 Å². The lowest BCUT2D eigenvalue weighted by atomic mass is 9.77. The number of fused-ring (bicyclic) bond motifs is 2. The molecule has 1 amide bonds. The molecular weight excluding hydrogens is 452 g/mol. The van der Waals surface area contributed by atoms with Crippen molar-refractivity contribution in [1.82, 2.24) is 9.80 Å². The van der Waals surface area contributed by atoms with E-state index < -0.39 is 17.5 Å². The summed E-state index contributed by atoms with van der Waals surface area (Å²) in [5, 5.41) is 15.6. The van der Waals surface area contributed by atoms with Gasteiger partial charge in [-0.05, 0) is 57.6 Å². The second-order valence-electron chi connectivity index (χ2n) is 10.2. The van der Waals surface area contributed by atoms with Gasteiger partial charge in [0.1, 0.15) is 5.60 Å². The van der Waals surface area contributed by atoms with Gasteiger partial charge in [-0.3, -0.25) is 4.90 Å². The third kappa shape index (κ3) is 7.29. The first kappa shape index (κ1) is 26.7. The van der Waals surface area contributed by atoms with Crippen LogP contribution in [0.1, 0.15) is 57.6 Å². The molecule has 0 aromatic heterocycles. The Hall–Kier alpha value is -2.91. The van der Waals surface area contributed by atoms with Crippen molar-refractivity contribution in [3.63, 3.8) is 0 Å². The Morgan fingerprint density at radius 3 is 2.11 bits per heavy atom. The van der Waals surface area contributed by atoms with Crippen molar-refractivity contribution < 1.29 is 34.1 Å². The number of piperazine rings is 1. The third-order valence-corrected chi connectivity index (χ3v) is 6.63. The smallest absolute Gasteiger partial charge is 0.410 e. The summed E-state index contributed by atoms with van der Waals surface area (Å²) in [5.74, 6) is -2.51. The summed E-state index contributed by atoms with van der Waals surface area (Å²) in [7, 11) is 0. The zero-order valence-electron chi connectivity index (χ0n) is 20.7. The molecule has 4 rings (SSSR count). The molecule has 2 N–H and O–H groups in total.